The summed E-state index contributed by atoms with van der Waals surface area (Å²) in [5.74, 6) is 1.93. The number of rotatable bonds is 4. The van der Waals surface area contributed by atoms with Crippen LogP contribution in [0.4, 0.5) is 0 Å². The maximum Gasteiger partial charge on any atom is 0.164 e. The highest BCUT2D eigenvalue weighted by atomic mass is 15.0. The van der Waals surface area contributed by atoms with Gasteiger partial charge in [0.25, 0.3) is 0 Å². The molecule has 4 heterocycles. The Morgan fingerprint density at radius 2 is 0.870 bits per heavy atom. The lowest BCUT2D eigenvalue weighted by Gasteiger charge is -2.11. The molecule has 0 bridgehead atoms. The minimum Gasteiger partial charge on any atom is -0.309 e. The zero-order valence-electron chi connectivity index (χ0n) is 29.0. The molecule has 0 radical (unpaired) electrons. The topological polar surface area (TPSA) is 48.0 Å². The molecule has 0 aliphatic heterocycles. The summed E-state index contributed by atoms with van der Waals surface area (Å²) < 4.78 is 4.93. The lowest BCUT2D eigenvalue weighted by atomic mass is 9.98. The van der Waals surface area contributed by atoms with Crippen LogP contribution in [-0.4, -0.2) is 23.9 Å². The molecule has 5 heteroatoms. The van der Waals surface area contributed by atoms with E-state index in [1.54, 1.807) is 0 Å². The minimum absolute atomic E-state index is 0.633. The van der Waals surface area contributed by atoms with Crippen molar-refractivity contribution in [2.75, 3.05) is 0 Å². The van der Waals surface area contributed by atoms with Gasteiger partial charge in [0.05, 0.1) is 27.6 Å². The lowest BCUT2D eigenvalue weighted by Crippen LogP contribution is -2.01. The van der Waals surface area contributed by atoms with E-state index in [0.29, 0.717) is 17.5 Å². The van der Waals surface area contributed by atoms with Gasteiger partial charge in [-0.15, -0.1) is 0 Å². The monoisotopic (exact) mass is 687 g/mol. The Balaban J connectivity index is 1.19. The largest absolute Gasteiger partial charge is 0.309 e. The van der Waals surface area contributed by atoms with Gasteiger partial charge in [0, 0.05) is 49.3 Å². The van der Waals surface area contributed by atoms with E-state index in [-0.39, 0.29) is 0 Å². The summed E-state index contributed by atoms with van der Waals surface area (Å²) in [5.41, 5.74) is 9.84. The van der Waals surface area contributed by atoms with Crippen LogP contribution in [0.25, 0.3) is 111 Å². The number of fused-ring (bicyclic) bond motifs is 5. The van der Waals surface area contributed by atoms with Gasteiger partial charge in [0.2, 0.25) is 0 Å². The fourth-order valence-electron chi connectivity index (χ4n) is 8.81. The van der Waals surface area contributed by atoms with Crippen molar-refractivity contribution in [3.05, 3.63) is 176 Å². The molecule has 0 amide bonds. The molecule has 0 spiro atoms. The highest BCUT2D eigenvalue weighted by molar-refractivity contribution is 6.34. The second-order valence-electron chi connectivity index (χ2n) is 14.0. The van der Waals surface area contributed by atoms with E-state index in [2.05, 4.69) is 124 Å². The van der Waals surface area contributed by atoms with Crippen LogP contribution in [-0.2, 0) is 0 Å². The summed E-state index contributed by atoms with van der Waals surface area (Å²) >= 11 is 0. The highest BCUT2D eigenvalue weighted by Gasteiger charge is 2.23. The minimum atomic E-state index is 0.633. The van der Waals surface area contributed by atoms with Crippen molar-refractivity contribution in [1.82, 2.24) is 23.9 Å². The van der Waals surface area contributed by atoms with Crippen LogP contribution in [0.3, 0.4) is 0 Å². The summed E-state index contributed by atoms with van der Waals surface area (Å²) in [5, 5.41) is 10.0. The molecule has 250 valence electrons. The summed E-state index contributed by atoms with van der Waals surface area (Å²) in [6.07, 6.45) is 0. The van der Waals surface area contributed by atoms with Crippen molar-refractivity contribution in [3.63, 3.8) is 0 Å². The fraction of sp³-hybridized carbons (Fsp3) is 0. The van der Waals surface area contributed by atoms with Crippen molar-refractivity contribution in [2.45, 2.75) is 0 Å². The van der Waals surface area contributed by atoms with Gasteiger partial charge in [-0.3, -0.25) is 0 Å². The van der Waals surface area contributed by atoms with E-state index in [0.717, 1.165) is 33.4 Å². The lowest BCUT2D eigenvalue weighted by molar-refractivity contribution is 1.07. The van der Waals surface area contributed by atoms with Gasteiger partial charge in [-0.2, -0.15) is 0 Å². The SMILES string of the molecule is c1ccc(-c2nc(-c3ccccc3)nc(-c3cccc(-n4c5cccc6c7cccc8cccc(c87)n7c8ccccc8c8ccc4c(c65)c87)c3)n2)cc1. The van der Waals surface area contributed by atoms with E-state index >= 15 is 0 Å². The van der Waals surface area contributed by atoms with Crippen LogP contribution >= 0.6 is 0 Å². The predicted molar refractivity (Wildman–Crippen MR) is 223 cm³/mol. The molecule has 12 aromatic rings. The second-order valence-corrected chi connectivity index (χ2v) is 14.0. The molecule has 0 saturated carbocycles. The molecule has 0 N–H and O–H groups in total. The van der Waals surface area contributed by atoms with Gasteiger partial charge in [-0.25, -0.2) is 15.0 Å². The van der Waals surface area contributed by atoms with Gasteiger partial charge in [-0.05, 0) is 52.6 Å². The highest BCUT2D eigenvalue weighted by Crippen LogP contribution is 2.45. The van der Waals surface area contributed by atoms with Crippen molar-refractivity contribution < 1.29 is 0 Å². The molecule has 0 aliphatic rings. The van der Waals surface area contributed by atoms with Crippen molar-refractivity contribution in [2.24, 2.45) is 0 Å². The van der Waals surface area contributed by atoms with Crippen LogP contribution in [0.2, 0.25) is 0 Å². The van der Waals surface area contributed by atoms with Gasteiger partial charge >= 0.3 is 0 Å². The van der Waals surface area contributed by atoms with E-state index in [1.165, 1.54) is 59.6 Å². The molecule has 4 aromatic heterocycles. The molecule has 0 fully saturated rings. The molecule has 12 rings (SSSR count). The van der Waals surface area contributed by atoms with E-state index < -0.39 is 0 Å². The van der Waals surface area contributed by atoms with Crippen LogP contribution < -0.4 is 0 Å². The van der Waals surface area contributed by atoms with Crippen molar-refractivity contribution in [1.29, 1.82) is 0 Å². The van der Waals surface area contributed by atoms with Gasteiger partial charge in [-0.1, -0.05) is 140 Å². The van der Waals surface area contributed by atoms with Crippen LogP contribution in [0.1, 0.15) is 0 Å². The summed E-state index contributed by atoms with van der Waals surface area (Å²) in [7, 11) is 0. The van der Waals surface area contributed by atoms with E-state index in [4.69, 9.17) is 15.0 Å². The third-order valence-electron chi connectivity index (χ3n) is 11.1. The first-order valence-corrected chi connectivity index (χ1v) is 18.3. The van der Waals surface area contributed by atoms with Crippen molar-refractivity contribution >= 4 is 70.7 Å². The third kappa shape index (κ3) is 4.06. The average molecular weight is 688 g/mol. The Kier molecular flexibility index (Phi) is 5.99. The number of nitrogens with zero attached hydrogens (tertiary/aromatic N) is 5. The molecular formula is C49H29N5. The first-order chi connectivity index (χ1) is 26.8. The molecular weight excluding hydrogens is 659 g/mol. The van der Waals surface area contributed by atoms with Gasteiger partial charge < -0.3 is 8.97 Å². The quantitative estimate of drug-likeness (QED) is 0.185. The Hall–Kier alpha value is -7.37. The molecule has 0 atom stereocenters. The van der Waals surface area contributed by atoms with Crippen LogP contribution in [0.15, 0.2) is 176 Å². The average Bonchev–Trinajstić information content (AvgIpc) is 3.76. The number of para-hydroxylation sites is 1. The molecule has 0 aliphatic carbocycles. The Morgan fingerprint density at radius 3 is 1.63 bits per heavy atom. The zero-order valence-corrected chi connectivity index (χ0v) is 29.0. The van der Waals surface area contributed by atoms with Crippen LogP contribution in [0, 0.1) is 0 Å². The third-order valence-corrected chi connectivity index (χ3v) is 11.1. The summed E-state index contributed by atoms with van der Waals surface area (Å²) in [6.45, 7) is 0. The Bertz CT molecular complexity index is 3370. The van der Waals surface area contributed by atoms with Crippen molar-refractivity contribution in [3.8, 4) is 39.9 Å². The first kappa shape index (κ1) is 29.2. The van der Waals surface area contributed by atoms with Crippen LogP contribution in [0.5, 0.6) is 0 Å². The smallest absolute Gasteiger partial charge is 0.164 e. The maximum absolute atomic E-state index is 5.07. The van der Waals surface area contributed by atoms with Gasteiger partial charge in [0.1, 0.15) is 0 Å². The summed E-state index contributed by atoms with van der Waals surface area (Å²) in [4.78, 5) is 15.1. The molecule has 5 nitrogen and oxygen atoms in total. The first-order valence-electron chi connectivity index (χ1n) is 18.3. The standard InChI is InChI=1S/C49H29N5/c1-3-13-31(14-4-1)47-50-48(32-15-5-2-6-16-32)52-49(51-47)33-19-9-20-34(29-33)53-41-26-12-23-37-36-22-10-17-30-18-11-25-40(43(30)36)54-39-24-8-7-21-35(39)38-27-28-42(53)45(44(37)41)46(38)54/h1-29H. The number of benzene rings is 8. The number of hydrogen-bond acceptors (Lipinski definition) is 3. The fourth-order valence-corrected chi connectivity index (χ4v) is 8.81. The van der Waals surface area contributed by atoms with Gasteiger partial charge in [0.15, 0.2) is 17.5 Å². The number of aromatic nitrogens is 5. The maximum atomic E-state index is 5.07. The van der Waals surface area contributed by atoms with E-state index in [9.17, 15) is 0 Å². The zero-order chi connectivity index (χ0) is 35.3. The molecule has 54 heavy (non-hydrogen) atoms. The normalized spacial score (nSPS) is 12.1. The Labute approximate surface area is 309 Å². The number of hydrogen-bond donors (Lipinski definition) is 0. The van der Waals surface area contributed by atoms with E-state index in [1.807, 2.05) is 60.7 Å². The molecule has 0 unspecified atom stereocenters. The predicted octanol–water partition coefficient (Wildman–Crippen LogP) is 12.3. The summed E-state index contributed by atoms with van der Waals surface area (Å²) in [6, 6.07) is 62.6. The second kappa shape index (κ2) is 11.1. The molecule has 8 aromatic carbocycles. The Morgan fingerprint density at radius 1 is 0.333 bits per heavy atom. The molecule has 0 saturated heterocycles.